The van der Waals surface area contributed by atoms with E-state index in [0.29, 0.717) is 29.3 Å². The fourth-order valence-corrected chi connectivity index (χ4v) is 5.03. The van der Waals surface area contributed by atoms with Crippen LogP contribution in [0.4, 0.5) is 16.5 Å². The predicted octanol–water partition coefficient (Wildman–Crippen LogP) is 4.99. The summed E-state index contributed by atoms with van der Waals surface area (Å²) in [5, 5.41) is 15.1. The molecule has 0 bridgehead atoms. The molecule has 1 atom stereocenters. The standard InChI is InChI=1S/C26H29N5O3S/c1-4-17(5-2)23(33)27-20-12-10-18(11-13-20)24(34)28-26-30-29-25(35-26)19-14-22(32)31(15-19)21-9-7-6-8-16(21)3/h6-13,17,19H,4-5,14-15H2,1-3H3,(H,27,33)(H,28,30,34)/t19-/m0/s1. The average Bonchev–Trinajstić information content (AvgIpc) is 3.47. The Bertz CT molecular complexity index is 1220. The van der Waals surface area contributed by atoms with Crippen molar-refractivity contribution in [1.29, 1.82) is 0 Å². The Balaban J connectivity index is 1.37. The molecular weight excluding hydrogens is 462 g/mol. The van der Waals surface area contributed by atoms with Crippen molar-refractivity contribution >= 4 is 45.6 Å². The molecule has 8 nitrogen and oxygen atoms in total. The van der Waals surface area contributed by atoms with Crippen LogP contribution in [-0.2, 0) is 9.59 Å². The van der Waals surface area contributed by atoms with Crippen LogP contribution in [0.25, 0.3) is 0 Å². The van der Waals surface area contributed by atoms with Gasteiger partial charge in [-0.15, -0.1) is 10.2 Å². The summed E-state index contributed by atoms with van der Waals surface area (Å²) in [6, 6.07) is 14.6. The summed E-state index contributed by atoms with van der Waals surface area (Å²) in [5.41, 5.74) is 3.07. The maximum absolute atomic E-state index is 12.7. The summed E-state index contributed by atoms with van der Waals surface area (Å²) < 4.78 is 0. The fraction of sp³-hybridized carbons (Fsp3) is 0.346. The highest BCUT2D eigenvalue weighted by Crippen LogP contribution is 2.35. The Kier molecular flexibility index (Phi) is 7.55. The first-order valence-corrected chi connectivity index (χ1v) is 12.6. The predicted molar refractivity (Wildman–Crippen MR) is 138 cm³/mol. The second kappa shape index (κ2) is 10.8. The van der Waals surface area contributed by atoms with Gasteiger partial charge in [0.05, 0.1) is 0 Å². The molecule has 35 heavy (non-hydrogen) atoms. The van der Waals surface area contributed by atoms with E-state index >= 15 is 0 Å². The van der Waals surface area contributed by atoms with Gasteiger partial charge in [-0.2, -0.15) is 0 Å². The van der Waals surface area contributed by atoms with E-state index in [0.717, 1.165) is 29.1 Å². The number of carbonyl (C=O) groups excluding carboxylic acids is 3. The van der Waals surface area contributed by atoms with Crippen LogP contribution in [0.1, 0.15) is 60.0 Å². The first-order chi connectivity index (χ1) is 16.9. The molecule has 1 aliphatic heterocycles. The minimum absolute atomic E-state index is 0.0139. The molecule has 0 spiro atoms. The molecule has 3 aromatic rings. The quantitative estimate of drug-likeness (QED) is 0.462. The number of para-hydroxylation sites is 1. The lowest BCUT2D eigenvalue weighted by atomic mass is 10.0. The van der Waals surface area contributed by atoms with Crippen LogP contribution in [0, 0.1) is 12.8 Å². The van der Waals surface area contributed by atoms with E-state index in [4.69, 9.17) is 0 Å². The van der Waals surface area contributed by atoms with Crippen LogP contribution in [0.5, 0.6) is 0 Å². The number of aryl methyl sites for hydroxylation is 1. The van der Waals surface area contributed by atoms with Gasteiger partial charge in [0.25, 0.3) is 5.91 Å². The number of nitrogens with zero attached hydrogens (tertiary/aromatic N) is 3. The van der Waals surface area contributed by atoms with E-state index in [2.05, 4.69) is 20.8 Å². The van der Waals surface area contributed by atoms with E-state index < -0.39 is 0 Å². The summed E-state index contributed by atoms with van der Waals surface area (Å²) in [6.07, 6.45) is 1.93. The van der Waals surface area contributed by atoms with Crippen molar-refractivity contribution in [3.05, 3.63) is 64.7 Å². The van der Waals surface area contributed by atoms with Gasteiger partial charge in [0.15, 0.2) is 0 Å². The van der Waals surface area contributed by atoms with E-state index in [1.165, 1.54) is 11.3 Å². The molecule has 3 amide bonds. The molecule has 4 rings (SSSR count). The van der Waals surface area contributed by atoms with Crippen LogP contribution < -0.4 is 15.5 Å². The highest BCUT2D eigenvalue weighted by molar-refractivity contribution is 7.15. The first-order valence-electron chi connectivity index (χ1n) is 11.8. The number of carbonyl (C=O) groups is 3. The van der Waals surface area contributed by atoms with Gasteiger partial charge in [0.2, 0.25) is 16.9 Å². The van der Waals surface area contributed by atoms with Crippen LogP contribution >= 0.6 is 11.3 Å². The van der Waals surface area contributed by atoms with Gasteiger partial charge in [-0.25, -0.2) is 0 Å². The van der Waals surface area contributed by atoms with Crippen LogP contribution in [0.2, 0.25) is 0 Å². The molecule has 1 fully saturated rings. The number of benzene rings is 2. The number of aromatic nitrogens is 2. The zero-order chi connectivity index (χ0) is 24.9. The molecule has 1 aromatic heterocycles. The highest BCUT2D eigenvalue weighted by Gasteiger charge is 2.34. The lowest BCUT2D eigenvalue weighted by Gasteiger charge is -2.18. The van der Waals surface area contributed by atoms with Gasteiger partial charge in [0.1, 0.15) is 5.01 Å². The Morgan fingerprint density at radius 2 is 1.77 bits per heavy atom. The third-order valence-corrected chi connectivity index (χ3v) is 7.31. The monoisotopic (exact) mass is 491 g/mol. The number of hydrogen-bond acceptors (Lipinski definition) is 6. The van der Waals surface area contributed by atoms with Crippen molar-refractivity contribution in [3.63, 3.8) is 0 Å². The zero-order valence-corrected chi connectivity index (χ0v) is 20.9. The van der Waals surface area contributed by atoms with Gasteiger partial charge in [-0.3, -0.25) is 19.7 Å². The summed E-state index contributed by atoms with van der Waals surface area (Å²) in [7, 11) is 0. The molecule has 182 valence electrons. The van der Waals surface area contributed by atoms with Crippen LogP contribution in [0.3, 0.4) is 0 Å². The van der Waals surface area contributed by atoms with E-state index in [1.807, 2.05) is 45.0 Å². The lowest BCUT2D eigenvalue weighted by molar-refractivity contribution is -0.120. The molecule has 0 unspecified atom stereocenters. The topological polar surface area (TPSA) is 104 Å². The fourth-order valence-electron chi connectivity index (χ4n) is 4.20. The van der Waals surface area contributed by atoms with Crippen molar-refractivity contribution in [3.8, 4) is 0 Å². The van der Waals surface area contributed by atoms with Crippen molar-refractivity contribution in [2.24, 2.45) is 5.92 Å². The van der Waals surface area contributed by atoms with Gasteiger partial charge in [-0.1, -0.05) is 43.4 Å². The second-order valence-corrected chi connectivity index (χ2v) is 9.68. The van der Waals surface area contributed by atoms with Crippen molar-refractivity contribution in [2.75, 3.05) is 22.1 Å². The molecule has 0 aliphatic carbocycles. The number of amides is 3. The first kappa shape index (κ1) is 24.5. The zero-order valence-electron chi connectivity index (χ0n) is 20.1. The third kappa shape index (κ3) is 5.57. The summed E-state index contributed by atoms with van der Waals surface area (Å²) in [5.74, 6) is -0.359. The smallest absolute Gasteiger partial charge is 0.257 e. The molecule has 0 saturated carbocycles. The SMILES string of the molecule is CCC(CC)C(=O)Nc1ccc(C(=O)Nc2nnc([C@H]3CC(=O)N(c4ccccc4C)C3)s2)cc1. The lowest BCUT2D eigenvalue weighted by Crippen LogP contribution is -2.25. The summed E-state index contributed by atoms with van der Waals surface area (Å²) >= 11 is 1.29. The minimum Gasteiger partial charge on any atom is -0.326 e. The van der Waals surface area contributed by atoms with Gasteiger partial charge < -0.3 is 10.2 Å². The minimum atomic E-state index is -0.311. The maximum Gasteiger partial charge on any atom is 0.257 e. The molecule has 0 radical (unpaired) electrons. The van der Waals surface area contributed by atoms with Crippen molar-refractivity contribution < 1.29 is 14.4 Å². The number of rotatable bonds is 8. The molecule has 1 saturated heterocycles. The van der Waals surface area contributed by atoms with Crippen LogP contribution in [-0.4, -0.2) is 34.5 Å². The molecule has 2 heterocycles. The van der Waals surface area contributed by atoms with E-state index in [9.17, 15) is 14.4 Å². The normalized spacial score (nSPS) is 15.5. The summed E-state index contributed by atoms with van der Waals surface area (Å²) in [6.45, 7) is 6.51. The largest absolute Gasteiger partial charge is 0.326 e. The highest BCUT2D eigenvalue weighted by atomic mass is 32.1. The molecule has 9 heteroatoms. The van der Waals surface area contributed by atoms with Crippen molar-refractivity contribution in [2.45, 2.75) is 46.0 Å². The average molecular weight is 492 g/mol. The van der Waals surface area contributed by atoms with Gasteiger partial charge >= 0.3 is 0 Å². The number of nitrogens with one attached hydrogen (secondary N) is 2. The Morgan fingerprint density at radius 1 is 1.06 bits per heavy atom. The maximum atomic E-state index is 12.7. The molecule has 1 aliphatic rings. The molecule has 2 aromatic carbocycles. The molecule has 2 N–H and O–H groups in total. The Morgan fingerprint density at radius 3 is 2.46 bits per heavy atom. The summed E-state index contributed by atoms with van der Waals surface area (Å²) in [4.78, 5) is 39.4. The number of hydrogen-bond donors (Lipinski definition) is 2. The van der Waals surface area contributed by atoms with E-state index in [-0.39, 0.29) is 29.6 Å². The van der Waals surface area contributed by atoms with Crippen molar-refractivity contribution in [1.82, 2.24) is 10.2 Å². The van der Waals surface area contributed by atoms with Gasteiger partial charge in [0, 0.05) is 41.7 Å². The third-order valence-electron chi connectivity index (χ3n) is 6.31. The Hall–Kier alpha value is -3.59. The second-order valence-electron chi connectivity index (χ2n) is 8.67. The van der Waals surface area contributed by atoms with E-state index in [1.54, 1.807) is 29.2 Å². The Labute approximate surface area is 208 Å². The van der Waals surface area contributed by atoms with Gasteiger partial charge in [-0.05, 0) is 55.7 Å². The molecular formula is C26H29N5O3S. The number of anilines is 3. The van der Waals surface area contributed by atoms with Crippen LogP contribution in [0.15, 0.2) is 48.5 Å².